The number of carbonyl (C=O) groups is 2. The molecule has 1 aromatic carbocycles. The molecule has 0 radical (unpaired) electrons. The number of hydrogen-bond acceptors (Lipinski definition) is 7. The Hall–Kier alpha value is -1.59. The van der Waals surface area contributed by atoms with E-state index in [0.29, 0.717) is 6.54 Å². The normalized spacial score (nSPS) is 27.3. The zero-order chi connectivity index (χ0) is 20.8. The van der Waals surface area contributed by atoms with Gasteiger partial charge in [0.25, 0.3) is 5.91 Å². The van der Waals surface area contributed by atoms with Gasteiger partial charge in [-0.05, 0) is 24.6 Å². The van der Waals surface area contributed by atoms with Crippen LogP contribution in [0.2, 0.25) is 0 Å². The Labute approximate surface area is 188 Å². The SMILES string of the molecule is COc1ccc(COC(=O)[C@@H]2N3C(=O)C(Br)(Br)[C@H]3S[C@@]2(C)Cn2ccnn2)cc1. The highest BCUT2D eigenvalue weighted by Crippen LogP contribution is 2.60. The first-order chi connectivity index (χ1) is 13.8. The second-order valence-corrected chi connectivity index (χ2v) is 12.3. The number of methoxy groups -OCH3 is 1. The number of halogens is 2. The fourth-order valence-electron chi connectivity index (χ4n) is 3.57. The number of fused-ring (bicyclic) bond motifs is 1. The zero-order valence-electron chi connectivity index (χ0n) is 15.6. The molecule has 29 heavy (non-hydrogen) atoms. The van der Waals surface area contributed by atoms with Gasteiger partial charge in [-0.15, -0.1) is 16.9 Å². The Balaban J connectivity index is 1.54. The van der Waals surface area contributed by atoms with E-state index >= 15 is 0 Å². The quantitative estimate of drug-likeness (QED) is 0.313. The standard InChI is InChI=1S/C18H18Br2N4O4S/c1-17(10-23-8-7-21-22-23)13(24-15(26)18(19,20)16(24)29-17)14(25)28-9-11-3-5-12(27-2)6-4-11/h3-8,13,16H,9-10H2,1-2H3/t13-,16+,17-/m0/s1. The summed E-state index contributed by atoms with van der Waals surface area (Å²) in [6.07, 6.45) is 3.32. The van der Waals surface area contributed by atoms with Crippen molar-refractivity contribution in [3.05, 3.63) is 42.2 Å². The Morgan fingerprint density at radius 1 is 1.31 bits per heavy atom. The molecule has 2 fully saturated rings. The summed E-state index contributed by atoms with van der Waals surface area (Å²) < 4.78 is 10.9. The van der Waals surface area contributed by atoms with Gasteiger partial charge in [-0.3, -0.25) is 9.48 Å². The number of alkyl halides is 2. The first-order valence-electron chi connectivity index (χ1n) is 8.78. The third-order valence-electron chi connectivity index (χ3n) is 5.03. The average molecular weight is 546 g/mol. The molecular formula is C18H18Br2N4O4S. The third kappa shape index (κ3) is 3.57. The maximum Gasteiger partial charge on any atom is 0.330 e. The van der Waals surface area contributed by atoms with Gasteiger partial charge < -0.3 is 14.4 Å². The molecule has 8 nitrogen and oxygen atoms in total. The molecule has 4 rings (SSSR count). The van der Waals surface area contributed by atoms with E-state index in [1.54, 1.807) is 40.8 Å². The average Bonchev–Trinajstić information content (AvgIpc) is 3.31. The van der Waals surface area contributed by atoms with Crippen molar-refractivity contribution >= 4 is 55.5 Å². The van der Waals surface area contributed by atoms with Crippen molar-refractivity contribution in [3.8, 4) is 5.75 Å². The van der Waals surface area contributed by atoms with Crippen molar-refractivity contribution in [2.45, 2.75) is 39.5 Å². The Morgan fingerprint density at radius 3 is 2.66 bits per heavy atom. The Bertz CT molecular complexity index is 924. The van der Waals surface area contributed by atoms with Gasteiger partial charge in [0.1, 0.15) is 23.8 Å². The fourth-order valence-corrected chi connectivity index (χ4v) is 6.62. The molecule has 2 aliphatic heterocycles. The summed E-state index contributed by atoms with van der Waals surface area (Å²) in [5.41, 5.74) is 0.838. The van der Waals surface area contributed by atoms with E-state index in [0.717, 1.165) is 11.3 Å². The summed E-state index contributed by atoms with van der Waals surface area (Å²) in [7, 11) is 1.59. The highest BCUT2D eigenvalue weighted by atomic mass is 79.9. The van der Waals surface area contributed by atoms with Crippen molar-refractivity contribution in [1.29, 1.82) is 0 Å². The maximum absolute atomic E-state index is 13.1. The highest BCUT2D eigenvalue weighted by Gasteiger charge is 2.71. The van der Waals surface area contributed by atoms with E-state index in [-0.39, 0.29) is 17.9 Å². The minimum atomic E-state index is -0.876. The van der Waals surface area contributed by atoms with Gasteiger partial charge in [0.05, 0.1) is 24.6 Å². The molecule has 2 saturated heterocycles. The molecule has 0 unspecified atom stereocenters. The van der Waals surface area contributed by atoms with Crippen molar-refractivity contribution in [1.82, 2.24) is 19.9 Å². The maximum atomic E-state index is 13.1. The molecule has 154 valence electrons. The minimum Gasteiger partial charge on any atom is -0.497 e. The van der Waals surface area contributed by atoms with Crippen LogP contribution in [-0.2, 0) is 27.5 Å². The van der Waals surface area contributed by atoms with Crippen LogP contribution in [0.25, 0.3) is 0 Å². The Morgan fingerprint density at radius 2 is 2.03 bits per heavy atom. The first kappa shape index (κ1) is 20.7. The molecule has 3 heterocycles. The predicted octanol–water partition coefficient (Wildman–Crippen LogP) is 2.56. The summed E-state index contributed by atoms with van der Waals surface area (Å²) in [6, 6.07) is 6.55. The van der Waals surface area contributed by atoms with Gasteiger partial charge >= 0.3 is 5.97 Å². The predicted molar refractivity (Wildman–Crippen MR) is 114 cm³/mol. The zero-order valence-corrected chi connectivity index (χ0v) is 19.6. The molecule has 2 aliphatic rings. The van der Waals surface area contributed by atoms with Gasteiger partial charge in [0, 0.05) is 6.20 Å². The van der Waals surface area contributed by atoms with Gasteiger partial charge in [0.2, 0.25) is 0 Å². The number of ether oxygens (including phenoxy) is 2. The number of amides is 1. The molecule has 0 bridgehead atoms. The van der Waals surface area contributed by atoms with Crippen LogP contribution in [0.3, 0.4) is 0 Å². The lowest BCUT2D eigenvalue weighted by Crippen LogP contribution is -2.68. The lowest BCUT2D eigenvalue weighted by atomic mass is 9.96. The van der Waals surface area contributed by atoms with Crippen molar-refractivity contribution in [2.24, 2.45) is 0 Å². The summed E-state index contributed by atoms with van der Waals surface area (Å²) in [5, 5.41) is 7.61. The number of benzene rings is 1. The lowest BCUT2D eigenvalue weighted by Gasteiger charge is -2.46. The second kappa shape index (κ2) is 7.59. The molecular weight excluding hydrogens is 528 g/mol. The van der Waals surface area contributed by atoms with Gasteiger partial charge in [-0.1, -0.05) is 49.2 Å². The third-order valence-corrected chi connectivity index (χ3v) is 8.88. The first-order valence-corrected chi connectivity index (χ1v) is 11.2. The van der Waals surface area contributed by atoms with Crippen LogP contribution in [0, 0.1) is 0 Å². The second-order valence-electron chi connectivity index (χ2n) is 7.08. The van der Waals surface area contributed by atoms with Crippen LogP contribution in [0.5, 0.6) is 5.75 Å². The van der Waals surface area contributed by atoms with E-state index in [1.165, 1.54) is 0 Å². The van der Waals surface area contributed by atoms with Gasteiger partial charge in [-0.2, -0.15) is 0 Å². The van der Waals surface area contributed by atoms with E-state index < -0.39 is 20.0 Å². The van der Waals surface area contributed by atoms with Crippen molar-refractivity contribution in [2.75, 3.05) is 7.11 Å². The minimum absolute atomic E-state index is 0.115. The molecule has 3 atom stereocenters. The van der Waals surface area contributed by atoms with Crippen LogP contribution in [0.4, 0.5) is 0 Å². The number of β-lactam (4-membered cyclic amide) rings is 1. The fraction of sp³-hybridized carbons (Fsp3) is 0.444. The van der Waals surface area contributed by atoms with Crippen LogP contribution < -0.4 is 4.74 Å². The van der Waals surface area contributed by atoms with Crippen LogP contribution in [-0.4, -0.2) is 58.3 Å². The molecule has 0 spiro atoms. The number of carbonyl (C=O) groups excluding carboxylic acids is 2. The number of aromatic nitrogens is 3. The Kier molecular flexibility index (Phi) is 5.41. The number of esters is 1. The largest absolute Gasteiger partial charge is 0.497 e. The summed E-state index contributed by atoms with van der Waals surface area (Å²) >= 11 is 8.42. The molecule has 1 amide bonds. The highest BCUT2D eigenvalue weighted by molar-refractivity contribution is 9.26. The smallest absolute Gasteiger partial charge is 0.330 e. The number of rotatable bonds is 6. The van der Waals surface area contributed by atoms with Crippen molar-refractivity contribution < 1.29 is 19.1 Å². The molecule has 0 N–H and O–H groups in total. The van der Waals surface area contributed by atoms with E-state index in [2.05, 4.69) is 42.2 Å². The topological polar surface area (TPSA) is 86.5 Å². The van der Waals surface area contributed by atoms with Gasteiger partial charge in [-0.25, -0.2) is 4.79 Å². The molecule has 0 saturated carbocycles. The number of hydrogen-bond donors (Lipinski definition) is 0. The van der Waals surface area contributed by atoms with E-state index in [4.69, 9.17) is 9.47 Å². The molecule has 2 aromatic rings. The van der Waals surface area contributed by atoms with Gasteiger partial charge in [0.15, 0.2) is 3.23 Å². The van der Waals surface area contributed by atoms with E-state index in [1.807, 2.05) is 31.2 Å². The van der Waals surface area contributed by atoms with Crippen LogP contribution >= 0.6 is 43.6 Å². The summed E-state index contributed by atoms with van der Waals surface area (Å²) in [5.74, 6) is 0.0960. The van der Waals surface area contributed by atoms with Crippen LogP contribution in [0.1, 0.15) is 12.5 Å². The van der Waals surface area contributed by atoms with Crippen molar-refractivity contribution in [3.63, 3.8) is 0 Å². The molecule has 0 aliphatic carbocycles. The summed E-state index contributed by atoms with van der Waals surface area (Å²) in [6.45, 7) is 2.47. The molecule has 1 aromatic heterocycles. The number of thioether (sulfide) groups is 1. The van der Waals surface area contributed by atoms with E-state index in [9.17, 15) is 9.59 Å². The lowest BCUT2D eigenvalue weighted by molar-refractivity contribution is -0.162. The number of nitrogens with zero attached hydrogens (tertiary/aromatic N) is 4. The monoisotopic (exact) mass is 544 g/mol. The van der Waals surface area contributed by atoms with Crippen LogP contribution in [0.15, 0.2) is 36.7 Å². The molecule has 11 heteroatoms. The summed E-state index contributed by atoms with van der Waals surface area (Å²) in [4.78, 5) is 27.4.